The third-order valence-corrected chi connectivity index (χ3v) is 3.46. The molecule has 0 spiro atoms. The number of hydrazone groups is 1. The molecule has 2 aromatic carbocycles. The highest BCUT2D eigenvalue weighted by Crippen LogP contribution is 2.22. The summed E-state index contributed by atoms with van der Waals surface area (Å²) >= 11 is 0. The summed E-state index contributed by atoms with van der Waals surface area (Å²) in [4.78, 5) is 11.9. The largest absolute Gasteiger partial charge is 0.508 e. The van der Waals surface area contributed by atoms with E-state index in [1.165, 1.54) is 11.8 Å². The van der Waals surface area contributed by atoms with Crippen LogP contribution in [0.5, 0.6) is 5.75 Å². The van der Waals surface area contributed by atoms with E-state index in [4.69, 9.17) is 0 Å². The van der Waals surface area contributed by atoms with Crippen LogP contribution in [0.2, 0.25) is 0 Å². The van der Waals surface area contributed by atoms with E-state index >= 15 is 0 Å². The van der Waals surface area contributed by atoms with Crippen LogP contribution >= 0.6 is 0 Å². The lowest BCUT2D eigenvalue weighted by molar-refractivity contribution is -0.120. The summed E-state index contributed by atoms with van der Waals surface area (Å²) in [5.41, 5.74) is 5.51. The number of hydrogen-bond acceptors (Lipinski definition) is 3. The molecule has 0 bridgehead atoms. The molecule has 4 heteroatoms. The molecule has 0 atom stereocenters. The quantitative estimate of drug-likeness (QED) is 0.672. The number of nitrogens with one attached hydrogen (secondary N) is 1. The van der Waals surface area contributed by atoms with Crippen LogP contribution < -0.4 is 5.43 Å². The SMILES string of the molecule is CC(C)(C)c1ccc(CC(=O)N/N=C\c2cccc(O)c2)cc1. The lowest BCUT2D eigenvalue weighted by Crippen LogP contribution is -2.20. The van der Waals surface area contributed by atoms with Gasteiger partial charge in [-0.2, -0.15) is 5.10 Å². The Morgan fingerprint density at radius 3 is 2.48 bits per heavy atom. The summed E-state index contributed by atoms with van der Waals surface area (Å²) in [6.07, 6.45) is 1.78. The predicted molar refractivity (Wildman–Crippen MR) is 92.7 cm³/mol. The molecule has 1 amide bonds. The normalized spacial score (nSPS) is 11.6. The van der Waals surface area contributed by atoms with Gasteiger partial charge in [0.15, 0.2) is 0 Å². The minimum atomic E-state index is -0.176. The molecular weight excluding hydrogens is 288 g/mol. The van der Waals surface area contributed by atoms with Gasteiger partial charge in [0, 0.05) is 0 Å². The van der Waals surface area contributed by atoms with Crippen LogP contribution in [-0.4, -0.2) is 17.2 Å². The fourth-order valence-corrected chi connectivity index (χ4v) is 2.13. The number of carbonyl (C=O) groups is 1. The van der Waals surface area contributed by atoms with Crippen molar-refractivity contribution in [3.8, 4) is 5.75 Å². The Bertz CT molecular complexity index is 698. The molecule has 23 heavy (non-hydrogen) atoms. The summed E-state index contributed by atoms with van der Waals surface area (Å²) < 4.78 is 0. The highest BCUT2D eigenvalue weighted by molar-refractivity contribution is 5.83. The molecule has 4 nitrogen and oxygen atoms in total. The van der Waals surface area contributed by atoms with E-state index in [0.717, 1.165) is 11.1 Å². The zero-order valence-corrected chi connectivity index (χ0v) is 13.7. The van der Waals surface area contributed by atoms with Crippen LogP contribution in [0.15, 0.2) is 53.6 Å². The van der Waals surface area contributed by atoms with Crippen molar-refractivity contribution in [1.29, 1.82) is 0 Å². The maximum atomic E-state index is 11.9. The standard InChI is InChI=1S/C19H22N2O2/c1-19(2,3)16-9-7-14(8-10-16)12-18(23)21-20-13-15-5-4-6-17(22)11-15/h4-11,13,22H,12H2,1-3H3,(H,21,23)/b20-13-. The number of nitrogens with zero attached hydrogens (tertiary/aromatic N) is 1. The fraction of sp³-hybridized carbons (Fsp3) is 0.263. The Hall–Kier alpha value is -2.62. The molecule has 0 unspecified atom stereocenters. The van der Waals surface area contributed by atoms with Gasteiger partial charge in [0.1, 0.15) is 5.75 Å². The highest BCUT2D eigenvalue weighted by Gasteiger charge is 2.13. The zero-order valence-electron chi connectivity index (χ0n) is 13.7. The van der Waals surface area contributed by atoms with Gasteiger partial charge in [-0.3, -0.25) is 4.79 Å². The summed E-state index contributed by atoms with van der Waals surface area (Å²) in [5, 5.41) is 13.2. The van der Waals surface area contributed by atoms with Crippen molar-refractivity contribution in [2.75, 3.05) is 0 Å². The summed E-state index contributed by atoms with van der Waals surface area (Å²) in [7, 11) is 0. The molecule has 0 saturated carbocycles. The Morgan fingerprint density at radius 1 is 1.17 bits per heavy atom. The van der Waals surface area contributed by atoms with Gasteiger partial charge in [-0.05, 0) is 34.2 Å². The van der Waals surface area contributed by atoms with Gasteiger partial charge in [-0.15, -0.1) is 0 Å². The maximum Gasteiger partial charge on any atom is 0.244 e. The third kappa shape index (κ3) is 5.25. The van der Waals surface area contributed by atoms with Crippen LogP contribution in [0, 0.1) is 0 Å². The third-order valence-electron chi connectivity index (χ3n) is 3.46. The molecule has 0 radical (unpaired) electrons. The van der Waals surface area contributed by atoms with Crippen LogP contribution in [0.1, 0.15) is 37.5 Å². The molecule has 2 N–H and O–H groups in total. The number of aromatic hydroxyl groups is 1. The zero-order chi connectivity index (χ0) is 16.9. The van der Waals surface area contributed by atoms with E-state index in [1.54, 1.807) is 24.3 Å². The Morgan fingerprint density at radius 2 is 1.87 bits per heavy atom. The second kappa shape index (κ2) is 7.09. The van der Waals surface area contributed by atoms with Gasteiger partial charge in [-0.1, -0.05) is 57.2 Å². The monoisotopic (exact) mass is 310 g/mol. The van der Waals surface area contributed by atoms with E-state index in [0.29, 0.717) is 0 Å². The predicted octanol–water partition coefficient (Wildman–Crippen LogP) is 3.38. The Kier molecular flexibility index (Phi) is 5.16. The fourth-order valence-electron chi connectivity index (χ4n) is 2.13. The van der Waals surface area contributed by atoms with E-state index in [-0.39, 0.29) is 23.5 Å². The van der Waals surface area contributed by atoms with Crippen molar-refractivity contribution in [3.63, 3.8) is 0 Å². The van der Waals surface area contributed by atoms with Gasteiger partial charge in [0.05, 0.1) is 12.6 Å². The molecule has 0 aromatic heterocycles. The number of rotatable bonds is 4. The van der Waals surface area contributed by atoms with Gasteiger partial charge in [-0.25, -0.2) is 5.43 Å². The first kappa shape index (κ1) is 16.7. The van der Waals surface area contributed by atoms with E-state index < -0.39 is 0 Å². The summed E-state index contributed by atoms with van der Waals surface area (Å²) in [6.45, 7) is 6.47. The van der Waals surface area contributed by atoms with Crippen molar-refractivity contribution in [3.05, 3.63) is 65.2 Å². The molecular formula is C19H22N2O2. The molecule has 2 aromatic rings. The highest BCUT2D eigenvalue weighted by atomic mass is 16.3. The first-order valence-electron chi connectivity index (χ1n) is 7.55. The molecule has 0 aliphatic rings. The van der Waals surface area contributed by atoms with E-state index in [1.807, 2.05) is 12.1 Å². The van der Waals surface area contributed by atoms with Crippen LogP contribution in [0.4, 0.5) is 0 Å². The number of benzene rings is 2. The number of phenolic OH excluding ortho intramolecular Hbond substituents is 1. The van der Waals surface area contributed by atoms with Gasteiger partial charge >= 0.3 is 0 Å². The molecule has 0 fully saturated rings. The molecule has 120 valence electrons. The topological polar surface area (TPSA) is 61.7 Å². The Balaban J connectivity index is 1.90. The van der Waals surface area contributed by atoms with Crippen molar-refractivity contribution in [1.82, 2.24) is 5.43 Å². The lowest BCUT2D eigenvalue weighted by atomic mass is 9.86. The van der Waals surface area contributed by atoms with Gasteiger partial charge in [0.25, 0.3) is 0 Å². The van der Waals surface area contributed by atoms with Gasteiger partial charge < -0.3 is 5.11 Å². The molecule has 2 rings (SSSR count). The molecule has 0 heterocycles. The number of carbonyl (C=O) groups excluding carboxylic acids is 1. The smallest absolute Gasteiger partial charge is 0.244 e. The van der Waals surface area contributed by atoms with Crippen molar-refractivity contribution in [2.45, 2.75) is 32.6 Å². The number of amides is 1. The minimum Gasteiger partial charge on any atom is -0.508 e. The van der Waals surface area contributed by atoms with Crippen LogP contribution in [0.25, 0.3) is 0 Å². The minimum absolute atomic E-state index is 0.103. The van der Waals surface area contributed by atoms with E-state index in [9.17, 15) is 9.90 Å². The van der Waals surface area contributed by atoms with Crippen LogP contribution in [-0.2, 0) is 16.6 Å². The second-order valence-electron chi connectivity index (χ2n) is 6.51. The average Bonchev–Trinajstić information content (AvgIpc) is 2.47. The molecule has 0 aliphatic heterocycles. The van der Waals surface area contributed by atoms with Crippen LogP contribution in [0.3, 0.4) is 0 Å². The van der Waals surface area contributed by atoms with Crippen molar-refractivity contribution >= 4 is 12.1 Å². The second-order valence-corrected chi connectivity index (χ2v) is 6.51. The first-order valence-corrected chi connectivity index (χ1v) is 7.55. The lowest BCUT2D eigenvalue weighted by Gasteiger charge is -2.19. The number of phenols is 1. The number of hydrogen-bond donors (Lipinski definition) is 2. The first-order chi connectivity index (χ1) is 10.8. The maximum absolute atomic E-state index is 11.9. The van der Waals surface area contributed by atoms with Crippen molar-refractivity contribution < 1.29 is 9.90 Å². The molecule has 0 saturated heterocycles. The summed E-state index contributed by atoms with van der Waals surface area (Å²) in [6, 6.07) is 14.7. The molecule has 0 aliphatic carbocycles. The van der Waals surface area contributed by atoms with Gasteiger partial charge in [0.2, 0.25) is 5.91 Å². The Labute approximate surface area is 136 Å². The average molecular weight is 310 g/mol. The summed E-state index contributed by atoms with van der Waals surface area (Å²) in [5.74, 6) is -0.0101. The van der Waals surface area contributed by atoms with Crippen molar-refractivity contribution in [2.24, 2.45) is 5.10 Å². The van der Waals surface area contributed by atoms with E-state index in [2.05, 4.69) is 43.4 Å².